The van der Waals surface area contributed by atoms with Crippen molar-refractivity contribution in [1.82, 2.24) is 14.7 Å². The summed E-state index contributed by atoms with van der Waals surface area (Å²) in [6, 6.07) is 7.26. The number of rotatable bonds is 7. The summed E-state index contributed by atoms with van der Waals surface area (Å²) in [4.78, 5) is 25.7. The number of nitrogens with two attached hydrogens (primary N) is 1. The highest BCUT2D eigenvalue weighted by atomic mass is 19.1. The first-order valence-corrected chi connectivity index (χ1v) is 9.64. The first kappa shape index (κ1) is 22.0. The summed E-state index contributed by atoms with van der Waals surface area (Å²) in [7, 11) is 1.51. The largest absolute Gasteiger partial charge is 0.447 e. The third-order valence-corrected chi connectivity index (χ3v) is 4.96. The summed E-state index contributed by atoms with van der Waals surface area (Å²) >= 11 is 0. The van der Waals surface area contributed by atoms with Gasteiger partial charge in [0, 0.05) is 32.1 Å². The third kappa shape index (κ3) is 5.29. The molecule has 0 bridgehead atoms. The minimum atomic E-state index is -0.712. The van der Waals surface area contributed by atoms with Crippen molar-refractivity contribution in [3.63, 3.8) is 0 Å². The van der Waals surface area contributed by atoms with Gasteiger partial charge in [-0.15, -0.1) is 0 Å². The van der Waals surface area contributed by atoms with Crippen molar-refractivity contribution < 1.29 is 23.5 Å². The lowest BCUT2D eigenvalue weighted by atomic mass is 9.93. The number of methoxy groups -OCH3 is 1. The molecule has 2 amide bonds. The molecule has 2 heterocycles. The Bertz CT molecular complexity index is 971. The molecule has 11 heteroatoms. The number of anilines is 2. The quantitative estimate of drug-likeness (QED) is 0.642. The molecule has 1 aliphatic heterocycles. The highest BCUT2D eigenvalue weighted by Crippen LogP contribution is 2.30. The Kier molecular flexibility index (Phi) is 7.04. The van der Waals surface area contributed by atoms with Crippen molar-refractivity contribution in [2.24, 2.45) is 11.7 Å². The summed E-state index contributed by atoms with van der Waals surface area (Å²) in [5, 5.41) is 16.9. The van der Waals surface area contributed by atoms with Crippen LogP contribution in [0.3, 0.4) is 0 Å². The molecule has 1 saturated heterocycles. The predicted molar refractivity (Wildman–Crippen MR) is 108 cm³/mol. The molecule has 1 aliphatic rings. The van der Waals surface area contributed by atoms with E-state index in [1.807, 2.05) is 0 Å². The van der Waals surface area contributed by atoms with Crippen molar-refractivity contribution >= 4 is 23.5 Å². The number of piperidine rings is 1. The smallest absolute Gasteiger partial charge is 0.409 e. The third-order valence-electron chi connectivity index (χ3n) is 4.96. The van der Waals surface area contributed by atoms with Gasteiger partial charge in [-0.2, -0.15) is 10.4 Å². The molecule has 1 aromatic heterocycles. The lowest BCUT2D eigenvalue weighted by Crippen LogP contribution is -2.45. The maximum Gasteiger partial charge on any atom is 0.409 e. The second-order valence-corrected chi connectivity index (χ2v) is 7.01. The number of hydrogen-bond acceptors (Lipinski definition) is 7. The molecule has 3 rings (SSSR count). The van der Waals surface area contributed by atoms with Gasteiger partial charge in [0.05, 0.1) is 24.6 Å². The van der Waals surface area contributed by atoms with E-state index < -0.39 is 29.8 Å². The summed E-state index contributed by atoms with van der Waals surface area (Å²) in [6.07, 6.45) is 1.36. The Morgan fingerprint density at radius 2 is 2.10 bits per heavy atom. The van der Waals surface area contributed by atoms with Gasteiger partial charge < -0.3 is 25.4 Å². The topological polar surface area (TPSA) is 136 Å². The second-order valence-electron chi connectivity index (χ2n) is 7.01. The van der Waals surface area contributed by atoms with Crippen LogP contribution in [0.5, 0.6) is 0 Å². The molecule has 2 aromatic rings. The van der Waals surface area contributed by atoms with E-state index in [9.17, 15) is 19.2 Å². The van der Waals surface area contributed by atoms with Gasteiger partial charge in [0.1, 0.15) is 18.0 Å². The van der Waals surface area contributed by atoms with Gasteiger partial charge in [-0.05, 0) is 30.7 Å². The van der Waals surface area contributed by atoms with Crippen LogP contribution in [-0.4, -0.2) is 60.1 Å². The van der Waals surface area contributed by atoms with Gasteiger partial charge in [0.2, 0.25) is 0 Å². The van der Waals surface area contributed by atoms with E-state index in [0.717, 1.165) is 0 Å². The fourth-order valence-electron chi connectivity index (χ4n) is 3.32. The molecular formula is C20H23FN6O4. The zero-order valence-electron chi connectivity index (χ0n) is 17.0. The van der Waals surface area contributed by atoms with Crippen LogP contribution >= 0.6 is 0 Å². The molecular weight excluding hydrogens is 407 g/mol. The average molecular weight is 430 g/mol. The van der Waals surface area contributed by atoms with Gasteiger partial charge in [-0.3, -0.25) is 9.48 Å². The number of aromatic nitrogens is 2. The number of primary amides is 1. The monoisotopic (exact) mass is 430 g/mol. The summed E-state index contributed by atoms with van der Waals surface area (Å²) in [6.45, 7) is 0.950. The van der Waals surface area contributed by atoms with Crippen molar-refractivity contribution in [2.45, 2.75) is 12.5 Å². The maximum absolute atomic E-state index is 13.2. The molecule has 3 N–H and O–H groups in total. The Morgan fingerprint density at radius 1 is 1.35 bits per heavy atom. The van der Waals surface area contributed by atoms with Gasteiger partial charge in [-0.25, -0.2) is 9.18 Å². The molecule has 10 nitrogen and oxygen atoms in total. The van der Waals surface area contributed by atoms with Crippen LogP contribution in [0.25, 0.3) is 0 Å². The molecule has 1 aromatic carbocycles. The normalized spacial score (nSPS) is 18.3. The van der Waals surface area contributed by atoms with Crippen LogP contribution < -0.4 is 11.1 Å². The summed E-state index contributed by atoms with van der Waals surface area (Å²) in [5.74, 6) is -1.36. The highest BCUT2D eigenvalue weighted by molar-refractivity contribution is 5.98. The van der Waals surface area contributed by atoms with Crippen LogP contribution in [0.2, 0.25) is 0 Å². The molecule has 0 aliphatic carbocycles. The number of nitrogens with one attached hydrogen (secondary N) is 1. The molecule has 0 spiro atoms. The summed E-state index contributed by atoms with van der Waals surface area (Å²) in [5.41, 5.74) is 6.12. The van der Waals surface area contributed by atoms with E-state index in [-0.39, 0.29) is 31.1 Å². The Morgan fingerprint density at radius 3 is 2.74 bits per heavy atom. The van der Waals surface area contributed by atoms with E-state index in [2.05, 4.69) is 16.5 Å². The van der Waals surface area contributed by atoms with Crippen LogP contribution in [-0.2, 0) is 9.47 Å². The molecule has 1 fully saturated rings. The number of carbonyl (C=O) groups excluding carboxylic acids is 2. The van der Waals surface area contributed by atoms with E-state index in [1.165, 1.54) is 47.2 Å². The van der Waals surface area contributed by atoms with Gasteiger partial charge >= 0.3 is 6.09 Å². The van der Waals surface area contributed by atoms with Crippen molar-refractivity contribution in [3.05, 3.63) is 41.8 Å². The van der Waals surface area contributed by atoms with E-state index in [4.69, 9.17) is 15.2 Å². The molecule has 0 radical (unpaired) electrons. The van der Waals surface area contributed by atoms with Gasteiger partial charge in [-0.1, -0.05) is 0 Å². The minimum Gasteiger partial charge on any atom is -0.447 e. The zero-order valence-corrected chi connectivity index (χ0v) is 17.0. The van der Waals surface area contributed by atoms with Gasteiger partial charge in [0.25, 0.3) is 5.91 Å². The lowest BCUT2D eigenvalue weighted by molar-refractivity contribution is 0.0556. The molecule has 164 valence electrons. The lowest BCUT2D eigenvalue weighted by Gasteiger charge is -2.35. The predicted octanol–water partition coefficient (Wildman–Crippen LogP) is 2.03. The second kappa shape index (κ2) is 9.90. The fraction of sp³-hybridized carbons (Fsp3) is 0.400. The van der Waals surface area contributed by atoms with Crippen molar-refractivity contribution in [1.29, 1.82) is 5.26 Å². The van der Waals surface area contributed by atoms with E-state index in [1.54, 1.807) is 0 Å². The van der Waals surface area contributed by atoms with E-state index >= 15 is 0 Å². The number of ether oxygens (including phenoxy) is 2. The number of hydrogen-bond donors (Lipinski definition) is 2. The highest BCUT2D eigenvalue weighted by Gasteiger charge is 2.35. The van der Waals surface area contributed by atoms with Crippen LogP contribution in [0, 0.1) is 23.1 Å². The molecule has 2 unspecified atom stereocenters. The van der Waals surface area contributed by atoms with Crippen molar-refractivity contribution in [2.75, 3.05) is 38.7 Å². The average Bonchev–Trinajstić information content (AvgIpc) is 3.19. The van der Waals surface area contributed by atoms with Crippen LogP contribution in [0.4, 0.5) is 20.7 Å². The van der Waals surface area contributed by atoms with Crippen LogP contribution in [0.1, 0.15) is 22.8 Å². The number of benzene rings is 1. The standard InChI is InChI=1S/C20H23FN6O4/c1-30-8-9-31-20(29)26-7-6-13(10-22)17(12-26)27-11-16(18(23)28)19(25-27)24-15-4-2-14(21)3-5-15/h2-5,11,13,17H,6-9,12H2,1H3,(H2,23,28)(H,24,25). The maximum atomic E-state index is 13.2. The first-order chi connectivity index (χ1) is 14.9. The minimum absolute atomic E-state index is 0.112. The number of amides is 2. The fourth-order valence-corrected chi connectivity index (χ4v) is 3.32. The number of nitriles is 1. The number of nitrogens with zero attached hydrogens (tertiary/aromatic N) is 4. The zero-order chi connectivity index (χ0) is 22.4. The Balaban J connectivity index is 1.83. The first-order valence-electron chi connectivity index (χ1n) is 9.64. The Labute approximate surface area is 178 Å². The van der Waals surface area contributed by atoms with Crippen LogP contribution in [0.15, 0.2) is 30.5 Å². The summed E-state index contributed by atoms with van der Waals surface area (Å²) < 4.78 is 24.7. The number of halogens is 1. The van der Waals surface area contributed by atoms with E-state index in [0.29, 0.717) is 18.7 Å². The van der Waals surface area contributed by atoms with Crippen molar-refractivity contribution in [3.8, 4) is 6.07 Å². The molecule has 2 atom stereocenters. The Hall–Kier alpha value is -3.65. The van der Waals surface area contributed by atoms with Gasteiger partial charge in [0.15, 0.2) is 5.82 Å². The number of carbonyl (C=O) groups is 2. The molecule has 0 saturated carbocycles. The SMILES string of the molecule is COCCOC(=O)N1CCC(C#N)C(n2cc(C(N)=O)c(Nc3ccc(F)cc3)n2)C1. The molecule has 31 heavy (non-hydrogen) atoms. The number of likely N-dealkylation sites (tertiary alicyclic amines) is 1.